The first-order valence-corrected chi connectivity index (χ1v) is 8.87. The van der Waals surface area contributed by atoms with Crippen molar-refractivity contribution in [2.24, 2.45) is 4.99 Å². The van der Waals surface area contributed by atoms with Crippen LogP contribution in [0, 0.1) is 6.92 Å². The minimum atomic E-state index is 0. The summed E-state index contributed by atoms with van der Waals surface area (Å²) < 4.78 is 0. The highest BCUT2D eigenvalue weighted by molar-refractivity contribution is 14.0. The quantitative estimate of drug-likeness (QED) is 0.369. The molecule has 26 heavy (non-hydrogen) atoms. The lowest BCUT2D eigenvalue weighted by atomic mass is 10.1. The minimum absolute atomic E-state index is 0. The van der Waals surface area contributed by atoms with Gasteiger partial charge in [0.25, 0.3) is 0 Å². The molecule has 0 aliphatic heterocycles. The molecule has 0 aliphatic rings. The van der Waals surface area contributed by atoms with Crippen molar-refractivity contribution in [1.82, 2.24) is 15.5 Å². The van der Waals surface area contributed by atoms with E-state index in [2.05, 4.69) is 97.0 Å². The highest BCUT2D eigenvalue weighted by Gasteiger charge is 2.00. The summed E-state index contributed by atoms with van der Waals surface area (Å²) >= 11 is 0. The fraction of sp³-hybridized carbons (Fsp3) is 0.381. The van der Waals surface area contributed by atoms with Crippen molar-refractivity contribution < 1.29 is 0 Å². The molecule has 2 N–H and O–H groups in total. The van der Waals surface area contributed by atoms with E-state index in [1.807, 2.05) is 0 Å². The Balaban J connectivity index is 0.00000338. The molecule has 0 spiro atoms. The summed E-state index contributed by atoms with van der Waals surface area (Å²) in [5, 5.41) is 6.72. The maximum Gasteiger partial charge on any atom is 0.191 e. The molecule has 0 amide bonds. The number of rotatable bonds is 7. The first-order chi connectivity index (χ1) is 12.1. The van der Waals surface area contributed by atoms with Crippen LogP contribution >= 0.6 is 24.0 Å². The maximum absolute atomic E-state index is 4.68. The summed E-state index contributed by atoms with van der Waals surface area (Å²) in [6, 6.07) is 17.2. The molecule has 2 aromatic carbocycles. The SMILES string of the molecule is CCNC(=NCc1cccc(C)c1)NCc1ccc(CN(C)C)cc1.I. The summed E-state index contributed by atoms with van der Waals surface area (Å²) in [6.07, 6.45) is 0. The Bertz CT molecular complexity index is 681. The van der Waals surface area contributed by atoms with Gasteiger partial charge in [-0.25, -0.2) is 4.99 Å². The van der Waals surface area contributed by atoms with E-state index in [9.17, 15) is 0 Å². The van der Waals surface area contributed by atoms with Gasteiger partial charge in [0, 0.05) is 19.6 Å². The number of guanidine groups is 1. The molecule has 4 nitrogen and oxygen atoms in total. The Labute approximate surface area is 175 Å². The molecule has 2 aromatic rings. The normalized spacial score (nSPS) is 11.2. The Morgan fingerprint density at radius 2 is 1.65 bits per heavy atom. The third kappa shape index (κ3) is 8.19. The van der Waals surface area contributed by atoms with E-state index in [1.165, 1.54) is 22.3 Å². The van der Waals surface area contributed by atoms with Gasteiger partial charge in [-0.05, 0) is 44.6 Å². The second-order valence-electron chi connectivity index (χ2n) is 6.59. The molecular weight excluding hydrogens is 435 g/mol. The van der Waals surface area contributed by atoms with Crippen LogP contribution < -0.4 is 10.6 Å². The molecule has 0 heterocycles. The zero-order valence-electron chi connectivity index (χ0n) is 16.2. The fourth-order valence-electron chi connectivity index (χ4n) is 2.64. The van der Waals surface area contributed by atoms with Crippen LogP contribution in [-0.4, -0.2) is 31.5 Å². The van der Waals surface area contributed by atoms with E-state index in [0.29, 0.717) is 6.54 Å². The van der Waals surface area contributed by atoms with Gasteiger partial charge in [-0.2, -0.15) is 0 Å². The van der Waals surface area contributed by atoms with Crippen LogP contribution in [0.25, 0.3) is 0 Å². The summed E-state index contributed by atoms with van der Waals surface area (Å²) in [5.41, 5.74) is 5.08. The first kappa shape index (κ1) is 22.4. The lowest BCUT2D eigenvalue weighted by molar-refractivity contribution is 0.402. The molecule has 0 saturated heterocycles. The van der Waals surface area contributed by atoms with Crippen molar-refractivity contribution in [3.8, 4) is 0 Å². The largest absolute Gasteiger partial charge is 0.357 e. The molecule has 2 rings (SSSR count). The van der Waals surface area contributed by atoms with Crippen LogP contribution in [0.5, 0.6) is 0 Å². The third-order valence-electron chi connectivity index (χ3n) is 3.83. The molecule has 0 saturated carbocycles. The number of aliphatic imine (C=N–C) groups is 1. The van der Waals surface area contributed by atoms with Gasteiger partial charge in [0.15, 0.2) is 5.96 Å². The zero-order valence-corrected chi connectivity index (χ0v) is 18.6. The summed E-state index contributed by atoms with van der Waals surface area (Å²) in [5.74, 6) is 0.848. The minimum Gasteiger partial charge on any atom is -0.357 e. The van der Waals surface area contributed by atoms with Gasteiger partial charge in [-0.3, -0.25) is 0 Å². The van der Waals surface area contributed by atoms with Crippen molar-refractivity contribution in [3.63, 3.8) is 0 Å². The summed E-state index contributed by atoms with van der Waals surface area (Å²) in [6.45, 7) is 7.45. The Hall–Kier alpha value is -1.60. The van der Waals surface area contributed by atoms with E-state index >= 15 is 0 Å². The molecule has 0 aromatic heterocycles. The van der Waals surface area contributed by atoms with Gasteiger partial charge in [0.05, 0.1) is 6.54 Å². The highest BCUT2D eigenvalue weighted by Crippen LogP contribution is 2.07. The summed E-state index contributed by atoms with van der Waals surface area (Å²) in [4.78, 5) is 6.86. The second kappa shape index (κ2) is 11.9. The molecule has 0 aliphatic carbocycles. The number of hydrogen-bond acceptors (Lipinski definition) is 2. The Kier molecular flexibility index (Phi) is 10.3. The van der Waals surface area contributed by atoms with Gasteiger partial charge >= 0.3 is 0 Å². The zero-order chi connectivity index (χ0) is 18.1. The maximum atomic E-state index is 4.68. The predicted molar refractivity (Wildman–Crippen MR) is 122 cm³/mol. The van der Waals surface area contributed by atoms with E-state index in [4.69, 9.17) is 0 Å². The van der Waals surface area contributed by atoms with Gasteiger partial charge < -0.3 is 15.5 Å². The van der Waals surface area contributed by atoms with Gasteiger partial charge in [-0.15, -0.1) is 24.0 Å². The fourth-order valence-corrected chi connectivity index (χ4v) is 2.64. The van der Waals surface area contributed by atoms with Crippen molar-refractivity contribution in [3.05, 3.63) is 70.8 Å². The first-order valence-electron chi connectivity index (χ1n) is 8.87. The Morgan fingerprint density at radius 3 is 2.27 bits per heavy atom. The predicted octanol–water partition coefficient (Wildman–Crippen LogP) is 3.93. The van der Waals surface area contributed by atoms with Crippen LogP contribution in [0.1, 0.15) is 29.2 Å². The van der Waals surface area contributed by atoms with E-state index in [1.54, 1.807) is 0 Å². The molecule has 0 unspecified atom stereocenters. The molecule has 142 valence electrons. The van der Waals surface area contributed by atoms with Crippen LogP contribution in [-0.2, 0) is 19.6 Å². The van der Waals surface area contributed by atoms with Crippen molar-refractivity contribution in [2.45, 2.75) is 33.5 Å². The number of nitrogens with one attached hydrogen (secondary N) is 2. The van der Waals surface area contributed by atoms with Crippen LogP contribution in [0.4, 0.5) is 0 Å². The number of halogens is 1. The smallest absolute Gasteiger partial charge is 0.191 e. The average molecular weight is 466 g/mol. The van der Waals surface area contributed by atoms with Crippen molar-refractivity contribution in [2.75, 3.05) is 20.6 Å². The third-order valence-corrected chi connectivity index (χ3v) is 3.83. The average Bonchev–Trinajstić information content (AvgIpc) is 2.58. The van der Waals surface area contributed by atoms with Crippen LogP contribution in [0.3, 0.4) is 0 Å². The molecule has 0 bridgehead atoms. The van der Waals surface area contributed by atoms with Gasteiger partial charge in [0.2, 0.25) is 0 Å². The van der Waals surface area contributed by atoms with Crippen LogP contribution in [0.15, 0.2) is 53.5 Å². The van der Waals surface area contributed by atoms with Crippen LogP contribution in [0.2, 0.25) is 0 Å². The highest BCUT2D eigenvalue weighted by atomic mass is 127. The van der Waals surface area contributed by atoms with Crippen molar-refractivity contribution >= 4 is 29.9 Å². The number of hydrogen-bond donors (Lipinski definition) is 2. The number of nitrogens with zero attached hydrogens (tertiary/aromatic N) is 2. The van der Waals surface area contributed by atoms with E-state index < -0.39 is 0 Å². The number of benzene rings is 2. The lowest BCUT2D eigenvalue weighted by Crippen LogP contribution is -2.36. The van der Waals surface area contributed by atoms with Gasteiger partial charge in [0.1, 0.15) is 0 Å². The molecule has 0 atom stereocenters. The van der Waals surface area contributed by atoms with Gasteiger partial charge in [-0.1, -0.05) is 54.1 Å². The topological polar surface area (TPSA) is 39.7 Å². The molecule has 5 heteroatoms. The molecular formula is C21H31IN4. The second-order valence-corrected chi connectivity index (χ2v) is 6.59. The van der Waals surface area contributed by atoms with Crippen molar-refractivity contribution in [1.29, 1.82) is 0 Å². The standard InChI is InChI=1S/C21H30N4.HI/c1-5-22-21(24-15-20-8-6-7-17(2)13-20)23-14-18-9-11-19(12-10-18)16-25(3)4;/h6-13H,5,14-16H2,1-4H3,(H2,22,23,24);1H. The monoisotopic (exact) mass is 466 g/mol. The molecule has 0 fully saturated rings. The number of aryl methyl sites for hydroxylation is 1. The Morgan fingerprint density at radius 1 is 0.962 bits per heavy atom. The van der Waals surface area contributed by atoms with E-state index in [-0.39, 0.29) is 24.0 Å². The molecule has 0 radical (unpaired) electrons. The lowest BCUT2D eigenvalue weighted by Gasteiger charge is -2.13. The van der Waals surface area contributed by atoms with E-state index in [0.717, 1.165) is 25.6 Å². The summed E-state index contributed by atoms with van der Waals surface area (Å²) in [7, 11) is 4.17.